The predicted octanol–water partition coefficient (Wildman–Crippen LogP) is 1.81. The molecule has 3 heterocycles. The van der Waals surface area contributed by atoms with Gasteiger partial charge in [0, 0.05) is 13.1 Å². The van der Waals surface area contributed by atoms with Crippen LogP contribution in [0.4, 0.5) is 16.0 Å². The highest BCUT2D eigenvalue weighted by Gasteiger charge is 2.23. The summed E-state index contributed by atoms with van der Waals surface area (Å²) in [7, 11) is -4.02. The second-order valence-electron chi connectivity index (χ2n) is 6.75. The van der Waals surface area contributed by atoms with Crippen molar-refractivity contribution in [1.29, 1.82) is 0 Å². The Kier molecular flexibility index (Phi) is 4.86. The Morgan fingerprint density at radius 3 is 2.45 bits per heavy atom. The van der Waals surface area contributed by atoms with Crippen molar-refractivity contribution in [3.05, 3.63) is 35.4 Å². The van der Waals surface area contributed by atoms with Crippen molar-refractivity contribution in [2.45, 2.75) is 31.6 Å². The first-order valence-corrected chi connectivity index (χ1v) is 10.5. The molecule has 1 fully saturated rings. The molecule has 1 saturated heterocycles. The van der Waals surface area contributed by atoms with E-state index >= 15 is 0 Å². The highest BCUT2D eigenvalue weighted by atomic mass is 32.2. The Labute approximate surface area is 166 Å². The lowest BCUT2D eigenvalue weighted by Crippen LogP contribution is -2.22. The van der Waals surface area contributed by atoms with Crippen molar-refractivity contribution in [2.24, 2.45) is 0 Å². The SMILES string of the molecule is Cc1nc(N2CCCC2)nc(C)c1NS(=O)(=O)c1ccc(F)c(-c2nn[nH]n2)c1. The predicted molar refractivity (Wildman–Crippen MR) is 103 cm³/mol. The van der Waals surface area contributed by atoms with Gasteiger partial charge in [0.05, 0.1) is 27.5 Å². The largest absolute Gasteiger partial charge is 0.341 e. The fourth-order valence-electron chi connectivity index (χ4n) is 3.22. The molecule has 0 aliphatic carbocycles. The van der Waals surface area contributed by atoms with Crippen molar-refractivity contribution in [3.8, 4) is 11.4 Å². The van der Waals surface area contributed by atoms with E-state index in [0.29, 0.717) is 23.0 Å². The van der Waals surface area contributed by atoms with Gasteiger partial charge in [-0.2, -0.15) is 5.21 Å². The number of aromatic amines is 1. The van der Waals surface area contributed by atoms with E-state index in [-0.39, 0.29) is 16.3 Å². The van der Waals surface area contributed by atoms with Gasteiger partial charge in [0.25, 0.3) is 10.0 Å². The van der Waals surface area contributed by atoms with Crippen molar-refractivity contribution >= 4 is 21.7 Å². The minimum Gasteiger partial charge on any atom is -0.341 e. The number of aromatic nitrogens is 6. The van der Waals surface area contributed by atoms with Crippen LogP contribution in [-0.2, 0) is 10.0 Å². The second kappa shape index (κ2) is 7.35. The summed E-state index contributed by atoms with van der Waals surface area (Å²) in [6.07, 6.45) is 2.17. The number of hydrogen-bond donors (Lipinski definition) is 2. The van der Waals surface area contributed by atoms with Gasteiger partial charge in [-0.3, -0.25) is 4.72 Å². The molecule has 2 aromatic heterocycles. The number of tetrazole rings is 1. The average Bonchev–Trinajstić information content (AvgIpc) is 3.38. The zero-order valence-corrected chi connectivity index (χ0v) is 16.7. The number of H-pyrrole nitrogens is 1. The maximum absolute atomic E-state index is 14.1. The Morgan fingerprint density at radius 2 is 1.83 bits per heavy atom. The van der Waals surface area contributed by atoms with Gasteiger partial charge in [0.15, 0.2) is 0 Å². The van der Waals surface area contributed by atoms with E-state index in [4.69, 9.17) is 0 Å². The molecule has 1 aliphatic rings. The first kappa shape index (κ1) is 19.2. The van der Waals surface area contributed by atoms with Gasteiger partial charge in [-0.1, -0.05) is 0 Å². The molecule has 3 aromatic rings. The van der Waals surface area contributed by atoms with Gasteiger partial charge in [0.1, 0.15) is 5.82 Å². The number of nitrogens with one attached hydrogen (secondary N) is 2. The summed E-state index contributed by atoms with van der Waals surface area (Å²) in [5.41, 5.74) is 1.26. The van der Waals surface area contributed by atoms with Crippen LogP contribution in [0.15, 0.2) is 23.1 Å². The van der Waals surface area contributed by atoms with Crippen LogP contribution >= 0.6 is 0 Å². The third-order valence-corrected chi connectivity index (χ3v) is 6.07. The molecule has 0 amide bonds. The fourth-order valence-corrected chi connectivity index (χ4v) is 4.42. The van der Waals surface area contributed by atoms with E-state index in [1.54, 1.807) is 13.8 Å². The van der Waals surface area contributed by atoms with Crippen LogP contribution in [0.5, 0.6) is 0 Å². The molecule has 0 bridgehead atoms. The monoisotopic (exact) mass is 418 g/mol. The normalized spacial score (nSPS) is 14.4. The number of benzene rings is 1. The lowest BCUT2D eigenvalue weighted by molar-refractivity contribution is 0.599. The van der Waals surface area contributed by atoms with Crippen LogP contribution < -0.4 is 9.62 Å². The molecule has 0 unspecified atom stereocenters. The van der Waals surface area contributed by atoms with E-state index in [1.165, 1.54) is 6.07 Å². The zero-order chi connectivity index (χ0) is 20.6. The molecule has 1 aromatic carbocycles. The maximum Gasteiger partial charge on any atom is 0.262 e. The maximum atomic E-state index is 14.1. The van der Waals surface area contributed by atoms with E-state index in [1.807, 2.05) is 0 Å². The number of halogens is 1. The van der Waals surface area contributed by atoms with Crippen LogP contribution in [-0.4, -0.2) is 52.1 Å². The summed E-state index contributed by atoms with van der Waals surface area (Å²) in [4.78, 5) is 10.9. The van der Waals surface area contributed by atoms with E-state index < -0.39 is 15.8 Å². The quantitative estimate of drug-likeness (QED) is 0.642. The van der Waals surface area contributed by atoms with Gasteiger partial charge in [-0.05, 0) is 50.1 Å². The van der Waals surface area contributed by atoms with Gasteiger partial charge >= 0.3 is 0 Å². The lowest BCUT2D eigenvalue weighted by atomic mass is 10.2. The molecule has 0 spiro atoms. The highest BCUT2D eigenvalue weighted by molar-refractivity contribution is 7.92. The van der Waals surface area contributed by atoms with Crippen molar-refractivity contribution in [1.82, 2.24) is 30.6 Å². The molecule has 12 heteroatoms. The highest BCUT2D eigenvalue weighted by Crippen LogP contribution is 2.27. The number of nitrogens with zero attached hydrogens (tertiary/aromatic N) is 6. The Balaban J connectivity index is 1.66. The molecule has 152 valence electrons. The number of hydrogen-bond acceptors (Lipinski definition) is 8. The first-order valence-electron chi connectivity index (χ1n) is 9.01. The van der Waals surface area contributed by atoms with Crippen molar-refractivity contribution < 1.29 is 12.8 Å². The Morgan fingerprint density at radius 1 is 1.14 bits per heavy atom. The summed E-state index contributed by atoms with van der Waals surface area (Å²) in [6.45, 7) is 5.22. The summed E-state index contributed by atoms with van der Waals surface area (Å²) < 4.78 is 42.5. The summed E-state index contributed by atoms with van der Waals surface area (Å²) >= 11 is 0. The Bertz CT molecular complexity index is 1120. The number of sulfonamides is 1. The van der Waals surface area contributed by atoms with E-state index in [2.05, 4.69) is 40.2 Å². The molecular weight excluding hydrogens is 399 g/mol. The van der Waals surface area contributed by atoms with Gasteiger partial charge in [0.2, 0.25) is 11.8 Å². The van der Waals surface area contributed by atoms with Gasteiger partial charge in [-0.15, -0.1) is 10.2 Å². The van der Waals surface area contributed by atoms with Crippen LogP contribution in [0.1, 0.15) is 24.2 Å². The lowest BCUT2D eigenvalue weighted by Gasteiger charge is -2.19. The smallest absolute Gasteiger partial charge is 0.262 e. The molecule has 10 nitrogen and oxygen atoms in total. The van der Waals surface area contributed by atoms with E-state index in [0.717, 1.165) is 38.1 Å². The number of aryl methyl sites for hydroxylation is 2. The van der Waals surface area contributed by atoms with Gasteiger partial charge in [-0.25, -0.2) is 22.8 Å². The number of anilines is 2. The van der Waals surface area contributed by atoms with Crippen LogP contribution in [0.3, 0.4) is 0 Å². The fraction of sp³-hybridized carbons (Fsp3) is 0.353. The minimum absolute atomic E-state index is 0.0368. The Hall–Kier alpha value is -3.15. The molecule has 29 heavy (non-hydrogen) atoms. The molecule has 2 N–H and O–H groups in total. The zero-order valence-electron chi connectivity index (χ0n) is 15.8. The summed E-state index contributed by atoms with van der Waals surface area (Å²) in [6, 6.07) is 3.38. The molecule has 0 saturated carbocycles. The molecule has 1 aliphatic heterocycles. The van der Waals surface area contributed by atoms with E-state index in [9.17, 15) is 12.8 Å². The molecule has 0 atom stereocenters. The van der Waals surface area contributed by atoms with Crippen LogP contribution in [0, 0.1) is 19.7 Å². The second-order valence-corrected chi connectivity index (χ2v) is 8.43. The third kappa shape index (κ3) is 3.75. The number of rotatable bonds is 5. The average molecular weight is 418 g/mol. The van der Waals surface area contributed by atoms with Crippen molar-refractivity contribution in [2.75, 3.05) is 22.7 Å². The molecule has 4 rings (SSSR count). The minimum atomic E-state index is -4.02. The first-order chi connectivity index (χ1) is 13.8. The summed E-state index contributed by atoms with van der Waals surface area (Å²) in [5.74, 6) is -0.0946. The molecule has 0 radical (unpaired) electrons. The van der Waals surface area contributed by atoms with Crippen LogP contribution in [0.2, 0.25) is 0 Å². The standard InChI is InChI=1S/C17H19FN8O2S/c1-10-15(11(2)20-17(19-10)26-7-3-4-8-26)23-29(27,28)12-5-6-14(18)13(9-12)16-21-24-25-22-16/h5-6,9,23H,3-4,7-8H2,1-2H3,(H,21,22,24,25). The third-order valence-electron chi connectivity index (χ3n) is 4.72. The van der Waals surface area contributed by atoms with Crippen LogP contribution in [0.25, 0.3) is 11.4 Å². The summed E-state index contributed by atoms with van der Waals surface area (Å²) in [5, 5.41) is 13.0. The topological polar surface area (TPSA) is 130 Å². The van der Waals surface area contributed by atoms with Crippen molar-refractivity contribution in [3.63, 3.8) is 0 Å². The van der Waals surface area contributed by atoms with Gasteiger partial charge < -0.3 is 4.90 Å². The molecular formula is C17H19FN8O2S.